The van der Waals surface area contributed by atoms with Crippen molar-refractivity contribution in [3.63, 3.8) is 0 Å². The number of ether oxygens (including phenoxy) is 1. The smallest absolute Gasteiger partial charge is 0.407 e. The number of hydrogen-bond acceptors (Lipinski definition) is 9. The molecule has 4 N–H and O–H groups in total. The van der Waals surface area contributed by atoms with E-state index in [-0.39, 0.29) is 19.8 Å². The van der Waals surface area contributed by atoms with Crippen LogP contribution in [-0.4, -0.2) is 41.0 Å². The van der Waals surface area contributed by atoms with Gasteiger partial charge in [-0.25, -0.2) is 13.4 Å². The maximum atomic E-state index is 11.4. The molecule has 0 aliphatic heterocycles. The van der Waals surface area contributed by atoms with Crippen molar-refractivity contribution in [2.24, 2.45) is 0 Å². The molecule has 0 saturated heterocycles. The van der Waals surface area contributed by atoms with E-state index in [2.05, 4.69) is 18.5 Å². The van der Waals surface area contributed by atoms with Gasteiger partial charge in [0.25, 0.3) is 0 Å². The second kappa shape index (κ2) is 12.8. The van der Waals surface area contributed by atoms with Gasteiger partial charge in [-0.3, -0.25) is 0 Å². The number of hydrogen-bond donors (Lipinski definition) is 4. The quantitative estimate of drug-likeness (QED) is 0.325. The van der Waals surface area contributed by atoms with Gasteiger partial charge in [0.2, 0.25) is 0 Å². The van der Waals surface area contributed by atoms with Crippen LogP contribution in [0.3, 0.4) is 0 Å². The number of alkyl carbamates (subject to hydrolysis) is 1. The lowest BCUT2D eigenvalue weighted by molar-refractivity contribution is 0.137. The Hall–Kier alpha value is -0.500. The standard InChI is InChI=1S/C11H18NO9P3/c1-17-22(14)20-24(16)21-23(15)19-8-7-12-11(13)18-9-10-5-3-2-4-6-10/h2-6,14-16H,7-9H2,1H3,(H,12,13). The summed E-state index contributed by atoms with van der Waals surface area (Å²) in [5.41, 5.74) is 0.854. The summed E-state index contributed by atoms with van der Waals surface area (Å²) < 4.78 is 23.2. The topological polar surface area (TPSA) is 136 Å². The Morgan fingerprint density at radius 3 is 2.42 bits per heavy atom. The molecule has 0 heterocycles. The van der Waals surface area contributed by atoms with E-state index >= 15 is 0 Å². The molecule has 1 aromatic rings. The molecule has 10 nitrogen and oxygen atoms in total. The first-order valence-corrected chi connectivity index (χ1v) is 9.85. The average Bonchev–Trinajstić information content (AvgIpc) is 2.57. The van der Waals surface area contributed by atoms with Crippen LogP contribution in [0.25, 0.3) is 0 Å². The van der Waals surface area contributed by atoms with E-state index < -0.39 is 31.9 Å². The SMILES string of the molecule is COP(O)OP(O)OP(O)OCCNC(=O)OCc1ccccc1. The second-order valence-corrected chi connectivity index (χ2v) is 7.24. The zero-order valence-electron chi connectivity index (χ0n) is 12.6. The van der Waals surface area contributed by atoms with Crippen molar-refractivity contribution in [3.05, 3.63) is 35.9 Å². The summed E-state index contributed by atoms with van der Waals surface area (Å²) in [5, 5.41) is 2.42. The fourth-order valence-electron chi connectivity index (χ4n) is 1.24. The first kappa shape index (κ1) is 21.5. The molecule has 0 aliphatic rings. The Morgan fingerprint density at radius 2 is 1.75 bits per heavy atom. The highest BCUT2D eigenvalue weighted by molar-refractivity contribution is 7.60. The fraction of sp³-hybridized carbons (Fsp3) is 0.364. The molecule has 0 bridgehead atoms. The van der Waals surface area contributed by atoms with Gasteiger partial charge < -0.3 is 33.8 Å². The number of nitrogens with one attached hydrogen (secondary N) is 1. The Labute approximate surface area is 142 Å². The van der Waals surface area contributed by atoms with Crippen molar-refractivity contribution in [1.29, 1.82) is 0 Å². The van der Waals surface area contributed by atoms with Crippen molar-refractivity contribution in [1.82, 2.24) is 5.32 Å². The van der Waals surface area contributed by atoms with Gasteiger partial charge in [-0.15, -0.1) is 0 Å². The Kier molecular flexibility index (Phi) is 11.5. The molecule has 1 aromatic carbocycles. The maximum absolute atomic E-state index is 11.4. The number of carbonyl (C=O) groups is 1. The van der Waals surface area contributed by atoms with Gasteiger partial charge in [0.15, 0.2) is 0 Å². The van der Waals surface area contributed by atoms with Crippen LogP contribution < -0.4 is 5.32 Å². The van der Waals surface area contributed by atoms with Crippen LogP contribution in [0.15, 0.2) is 30.3 Å². The van der Waals surface area contributed by atoms with Crippen molar-refractivity contribution < 1.29 is 41.9 Å². The molecule has 0 aromatic heterocycles. The minimum Gasteiger partial charge on any atom is -0.445 e. The summed E-state index contributed by atoms with van der Waals surface area (Å²) >= 11 is 0. The Bertz CT molecular complexity index is 469. The first-order valence-electron chi connectivity index (χ1n) is 6.46. The molecule has 1 rings (SSSR count). The predicted octanol–water partition coefficient (Wildman–Crippen LogP) is 2.27. The lowest BCUT2D eigenvalue weighted by Gasteiger charge is -2.15. The van der Waals surface area contributed by atoms with E-state index in [1.54, 1.807) is 0 Å². The minimum absolute atomic E-state index is 0.0609. The van der Waals surface area contributed by atoms with Gasteiger partial charge in [0.1, 0.15) is 6.61 Å². The average molecular weight is 401 g/mol. The molecular formula is C11H18NO9P3. The summed E-state index contributed by atoms with van der Waals surface area (Å²) in [6, 6.07) is 9.17. The summed E-state index contributed by atoms with van der Waals surface area (Å²) in [6.45, 7) is 0.120. The first-order chi connectivity index (χ1) is 11.5. The minimum atomic E-state index is -2.53. The van der Waals surface area contributed by atoms with Crippen molar-refractivity contribution in [3.8, 4) is 0 Å². The zero-order chi connectivity index (χ0) is 17.8. The van der Waals surface area contributed by atoms with E-state index in [4.69, 9.17) is 14.2 Å². The van der Waals surface area contributed by atoms with Crippen molar-refractivity contribution >= 4 is 31.9 Å². The zero-order valence-corrected chi connectivity index (χ0v) is 15.3. The highest BCUT2D eigenvalue weighted by Gasteiger charge is 2.21. The van der Waals surface area contributed by atoms with Crippen LogP contribution in [0.4, 0.5) is 4.79 Å². The van der Waals surface area contributed by atoms with E-state index in [1.807, 2.05) is 30.3 Å². The Balaban J connectivity index is 2.06. The molecule has 0 aliphatic carbocycles. The van der Waals surface area contributed by atoms with Crippen molar-refractivity contribution in [2.75, 3.05) is 20.3 Å². The molecule has 3 unspecified atom stereocenters. The lowest BCUT2D eigenvalue weighted by atomic mass is 10.2. The summed E-state index contributed by atoms with van der Waals surface area (Å²) in [7, 11) is -6.06. The number of carbonyl (C=O) groups excluding carboxylic acids is 1. The van der Waals surface area contributed by atoms with Crippen LogP contribution in [0.1, 0.15) is 5.56 Å². The third-order valence-corrected chi connectivity index (χ3v) is 5.17. The van der Waals surface area contributed by atoms with Crippen LogP contribution in [0, 0.1) is 0 Å². The van der Waals surface area contributed by atoms with Gasteiger partial charge in [0.05, 0.1) is 6.61 Å². The van der Waals surface area contributed by atoms with Gasteiger partial charge in [-0.2, -0.15) is 0 Å². The molecule has 136 valence electrons. The normalized spacial score (nSPS) is 14.7. The molecule has 0 radical (unpaired) electrons. The van der Waals surface area contributed by atoms with Crippen LogP contribution in [0.5, 0.6) is 0 Å². The summed E-state index contributed by atoms with van der Waals surface area (Å²) in [6.07, 6.45) is -0.635. The highest BCUT2D eigenvalue weighted by Crippen LogP contribution is 2.56. The molecule has 13 heteroatoms. The van der Waals surface area contributed by atoms with Crippen LogP contribution in [0.2, 0.25) is 0 Å². The third kappa shape index (κ3) is 10.4. The molecule has 0 saturated carbocycles. The predicted molar refractivity (Wildman–Crippen MR) is 87.2 cm³/mol. The van der Waals surface area contributed by atoms with E-state index in [0.717, 1.165) is 5.56 Å². The molecule has 0 fully saturated rings. The maximum Gasteiger partial charge on any atom is 0.407 e. The fourth-order valence-corrected chi connectivity index (χ4v) is 3.29. The third-order valence-electron chi connectivity index (χ3n) is 2.22. The second-order valence-electron chi connectivity index (χ2n) is 3.88. The molecule has 24 heavy (non-hydrogen) atoms. The van der Waals surface area contributed by atoms with E-state index in [1.165, 1.54) is 7.11 Å². The summed E-state index contributed by atoms with van der Waals surface area (Å²) in [5.74, 6) is 0. The van der Waals surface area contributed by atoms with Gasteiger partial charge >= 0.3 is 31.9 Å². The van der Waals surface area contributed by atoms with E-state index in [9.17, 15) is 14.6 Å². The van der Waals surface area contributed by atoms with Crippen LogP contribution in [-0.2, 0) is 29.0 Å². The largest absolute Gasteiger partial charge is 0.445 e. The van der Waals surface area contributed by atoms with E-state index in [0.29, 0.717) is 0 Å². The molecule has 1 amide bonds. The molecule has 0 spiro atoms. The molecular weight excluding hydrogens is 383 g/mol. The Morgan fingerprint density at radius 1 is 1.08 bits per heavy atom. The highest BCUT2D eigenvalue weighted by atomic mass is 31.3. The van der Waals surface area contributed by atoms with Crippen molar-refractivity contribution in [2.45, 2.75) is 6.61 Å². The van der Waals surface area contributed by atoms with Crippen LogP contribution >= 0.6 is 25.8 Å². The van der Waals surface area contributed by atoms with Gasteiger partial charge in [-0.1, -0.05) is 30.3 Å². The number of amides is 1. The number of rotatable bonds is 11. The molecule has 3 atom stereocenters. The monoisotopic (exact) mass is 401 g/mol. The van der Waals surface area contributed by atoms with Gasteiger partial charge in [0, 0.05) is 13.7 Å². The summed E-state index contributed by atoms with van der Waals surface area (Å²) in [4.78, 5) is 39.0. The number of benzene rings is 1. The van der Waals surface area contributed by atoms with Gasteiger partial charge in [-0.05, 0) is 5.56 Å². The lowest BCUT2D eigenvalue weighted by Crippen LogP contribution is -2.27.